The van der Waals surface area contributed by atoms with Gasteiger partial charge in [0.15, 0.2) is 0 Å². The fraction of sp³-hybridized carbons (Fsp3) is 0.500. The number of hydrogen-bond acceptors (Lipinski definition) is 4. The van der Waals surface area contributed by atoms with Crippen LogP contribution in [0.25, 0.3) is 0 Å². The number of carboxylic acid groups (broad SMARTS) is 1. The highest BCUT2D eigenvalue weighted by atomic mass is 79.9. The maximum atomic E-state index is 11.9. The predicted molar refractivity (Wildman–Crippen MR) is 73.2 cm³/mol. The van der Waals surface area contributed by atoms with Crippen molar-refractivity contribution in [2.24, 2.45) is 5.92 Å². The molecule has 18 heavy (non-hydrogen) atoms. The lowest BCUT2D eigenvalue weighted by atomic mass is 10.0. The number of rotatable bonds is 7. The molecular formula is C10H14BrNO4S2. The van der Waals surface area contributed by atoms with Crippen LogP contribution in [0, 0.1) is 5.92 Å². The summed E-state index contributed by atoms with van der Waals surface area (Å²) in [6.07, 6.45) is 0.579. The minimum Gasteiger partial charge on any atom is -0.481 e. The van der Waals surface area contributed by atoms with Crippen molar-refractivity contribution in [3.05, 3.63) is 15.9 Å². The first kappa shape index (κ1) is 15.6. The maximum absolute atomic E-state index is 11.9. The first-order valence-electron chi connectivity index (χ1n) is 5.32. The van der Waals surface area contributed by atoms with E-state index in [2.05, 4.69) is 20.7 Å². The van der Waals surface area contributed by atoms with Crippen molar-refractivity contribution >= 4 is 43.3 Å². The highest BCUT2D eigenvalue weighted by Crippen LogP contribution is 2.25. The van der Waals surface area contributed by atoms with Gasteiger partial charge in [-0.25, -0.2) is 13.1 Å². The molecule has 1 heterocycles. The van der Waals surface area contributed by atoms with Crippen LogP contribution in [0.3, 0.4) is 0 Å². The fourth-order valence-electron chi connectivity index (χ4n) is 1.35. The zero-order valence-electron chi connectivity index (χ0n) is 9.72. The molecule has 0 fully saturated rings. The monoisotopic (exact) mass is 355 g/mol. The van der Waals surface area contributed by atoms with Crippen LogP contribution in [0.1, 0.15) is 19.8 Å². The Labute approximate surface area is 118 Å². The van der Waals surface area contributed by atoms with Crippen molar-refractivity contribution in [3.63, 3.8) is 0 Å². The molecule has 5 nitrogen and oxygen atoms in total. The molecule has 0 radical (unpaired) electrons. The minimum atomic E-state index is -3.53. The molecule has 1 atom stereocenters. The van der Waals surface area contributed by atoms with Crippen molar-refractivity contribution in [3.8, 4) is 0 Å². The van der Waals surface area contributed by atoms with Crippen LogP contribution in [0.2, 0.25) is 0 Å². The largest absolute Gasteiger partial charge is 0.481 e. The Morgan fingerprint density at radius 2 is 2.22 bits per heavy atom. The van der Waals surface area contributed by atoms with Crippen molar-refractivity contribution in [1.82, 2.24) is 4.72 Å². The SMILES string of the molecule is CCC(CNS(=O)(=O)c1ccc(Br)s1)CC(=O)O. The smallest absolute Gasteiger partial charge is 0.303 e. The fourth-order valence-corrected chi connectivity index (χ4v) is 4.52. The van der Waals surface area contributed by atoms with E-state index in [0.717, 1.165) is 15.1 Å². The zero-order valence-corrected chi connectivity index (χ0v) is 12.9. The predicted octanol–water partition coefficient (Wildman–Crippen LogP) is 2.29. The van der Waals surface area contributed by atoms with Gasteiger partial charge < -0.3 is 5.11 Å². The summed E-state index contributed by atoms with van der Waals surface area (Å²) in [5.74, 6) is -1.11. The maximum Gasteiger partial charge on any atom is 0.303 e. The van der Waals surface area contributed by atoms with E-state index in [4.69, 9.17) is 5.11 Å². The summed E-state index contributed by atoms with van der Waals surface area (Å²) in [4.78, 5) is 10.6. The Kier molecular flexibility index (Phi) is 5.77. The number of sulfonamides is 1. The lowest BCUT2D eigenvalue weighted by Crippen LogP contribution is -2.29. The summed E-state index contributed by atoms with van der Waals surface area (Å²) in [6.45, 7) is 1.98. The van der Waals surface area contributed by atoms with Crippen LogP contribution in [0.4, 0.5) is 0 Å². The quantitative estimate of drug-likeness (QED) is 0.785. The Bertz CT molecular complexity index is 512. The van der Waals surface area contributed by atoms with Crippen molar-refractivity contribution in [2.45, 2.75) is 24.0 Å². The molecule has 0 aliphatic rings. The Balaban J connectivity index is 2.64. The van der Waals surface area contributed by atoms with Gasteiger partial charge in [-0.2, -0.15) is 0 Å². The molecule has 2 N–H and O–H groups in total. The van der Waals surface area contributed by atoms with Gasteiger partial charge in [0.2, 0.25) is 10.0 Å². The highest BCUT2D eigenvalue weighted by Gasteiger charge is 2.19. The molecule has 0 aliphatic heterocycles. The molecule has 1 aromatic rings. The molecule has 1 rings (SSSR count). The molecule has 0 saturated carbocycles. The van der Waals surface area contributed by atoms with Gasteiger partial charge in [-0.3, -0.25) is 4.79 Å². The normalized spacial score (nSPS) is 13.4. The Hall–Kier alpha value is -0.440. The van der Waals surface area contributed by atoms with Crippen molar-refractivity contribution in [2.75, 3.05) is 6.54 Å². The van der Waals surface area contributed by atoms with Gasteiger partial charge in [-0.05, 0) is 34.0 Å². The van der Waals surface area contributed by atoms with Gasteiger partial charge >= 0.3 is 5.97 Å². The summed E-state index contributed by atoms with van der Waals surface area (Å²) in [7, 11) is -3.53. The third-order valence-corrected chi connectivity index (χ3v) is 5.96. The minimum absolute atomic E-state index is 0.0346. The number of hydrogen-bond donors (Lipinski definition) is 2. The first-order valence-corrected chi connectivity index (χ1v) is 8.41. The summed E-state index contributed by atoms with van der Waals surface area (Å²) in [6, 6.07) is 3.17. The van der Waals surface area contributed by atoms with Crippen molar-refractivity contribution in [1.29, 1.82) is 0 Å². The van der Waals surface area contributed by atoms with Crippen LogP contribution < -0.4 is 4.72 Å². The summed E-state index contributed by atoms with van der Waals surface area (Å²) < 4.78 is 27.2. The number of nitrogens with one attached hydrogen (secondary N) is 1. The molecule has 8 heteroatoms. The van der Waals surface area contributed by atoms with E-state index in [0.29, 0.717) is 6.42 Å². The lowest BCUT2D eigenvalue weighted by molar-refractivity contribution is -0.138. The van der Waals surface area contributed by atoms with Gasteiger partial charge in [-0.15, -0.1) is 11.3 Å². The summed E-state index contributed by atoms with van der Waals surface area (Å²) in [5, 5.41) is 8.68. The van der Waals surface area contributed by atoms with Gasteiger partial charge in [-0.1, -0.05) is 13.3 Å². The molecule has 0 spiro atoms. The van der Waals surface area contributed by atoms with Crippen LogP contribution >= 0.6 is 27.3 Å². The van der Waals surface area contributed by atoms with Gasteiger partial charge in [0.05, 0.1) is 3.79 Å². The second-order valence-electron chi connectivity index (χ2n) is 3.78. The van der Waals surface area contributed by atoms with Crippen LogP contribution in [-0.4, -0.2) is 26.0 Å². The van der Waals surface area contributed by atoms with E-state index in [1.54, 1.807) is 6.07 Å². The molecule has 0 aromatic carbocycles. The average molecular weight is 356 g/mol. The number of carbonyl (C=O) groups is 1. The third kappa shape index (κ3) is 4.68. The van der Waals surface area contributed by atoms with E-state index in [1.807, 2.05) is 6.92 Å². The number of carboxylic acids is 1. The van der Waals surface area contributed by atoms with Gasteiger partial charge in [0.1, 0.15) is 4.21 Å². The number of halogens is 1. The van der Waals surface area contributed by atoms with E-state index < -0.39 is 16.0 Å². The topological polar surface area (TPSA) is 83.5 Å². The lowest BCUT2D eigenvalue weighted by Gasteiger charge is -2.12. The first-order chi connectivity index (χ1) is 8.35. The van der Waals surface area contributed by atoms with Crippen molar-refractivity contribution < 1.29 is 18.3 Å². The van der Waals surface area contributed by atoms with Crippen LogP contribution in [0.5, 0.6) is 0 Å². The van der Waals surface area contributed by atoms with E-state index in [-0.39, 0.29) is 23.1 Å². The Morgan fingerprint density at radius 3 is 2.67 bits per heavy atom. The summed E-state index contributed by atoms with van der Waals surface area (Å²) >= 11 is 4.32. The molecule has 0 aliphatic carbocycles. The molecule has 0 amide bonds. The standard InChI is InChI=1S/C10H14BrNO4S2/c1-2-7(5-9(13)14)6-12-18(15,16)10-4-3-8(11)17-10/h3-4,7,12H,2,5-6H2,1H3,(H,13,14). The summed E-state index contributed by atoms with van der Waals surface area (Å²) in [5.41, 5.74) is 0. The number of thiophene rings is 1. The molecule has 0 bridgehead atoms. The van der Waals surface area contributed by atoms with E-state index in [9.17, 15) is 13.2 Å². The molecule has 1 aromatic heterocycles. The van der Waals surface area contributed by atoms with Gasteiger partial charge in [0, 0.05) is 13.0 Å². The molecular weight excluding hydrogens is 342 g/mol. The molecule has 0 saturated heterocycles. The van der Waals surface area contributed by atoms with Gasteiger partial charge in [0.25, 0.3) is 0 Å². The van der Waals surface area contributed by atoms with E-state index in [1.165, 1.54) is 6.07 Å². The second-order valence-corrected chi connectivity index (χ2v) is 8.24. The van der Waals surface area contributed by atoms with E-state index >= 15 is 0 Å². The van der Waals surface area contributed by atoms with Crippen LogP contribution in [0.15, 0.2) is 20.1 Å². The zero-order chi connectivity index (χ0) is 13.8. The highest BCUT2D eigenvalue weighted by molar-refractivity contribution is 9.11. The third-order valence-electron chi connectivity index (χ3n) is 2.42. The molecule has 102 valence electrons. The van der Waals surface area contributed by atoms with Crippen LogP contribution in [-0.2, 0) is 14.8 Å². The molecule has 1 unspecified atom stereocenters. The average Bonchev–Trinajstić information content (AvgIpc) is 2.71. The second kappa shape index (κ2) is 6.65. The Morgan fingerprint density at radius 1 is 1.56 bits per heavy atom. The number of aliphatic carboxylic acids is 1.